The number of rotatable bonds is 3. The number of carbonyl (C=O) groups excluding carboxylic acids is 1. The maximum atomic E-state index is 13.0. The monoisotopic (exact) mass is 304 g/mol. The van der Waals surface area contributed by atoms with Crippen LogP contribution in [-0.4, -0.2) is 45.8 Å². The van der Waals surface area contributed by atoms with Gasteiger partial charge in [0.25, 0.3) is 0 Å². The topological polar surface area (TPSA) is 50.2 Å². The lowest BCUT2D eigenvalue weighted by Gasteiger charge is -2.36. The van der Waals surface area contributed by atoms with Crippen molar-refractivity contribution in [3.63, 3.8) is 0 Å². The van der Waals surface area contributed by atoms with Crippen molar-refractivity contribution >= 4 is 5.91 Å². The number of hydrogen-bond donors (Lipinski definition) is 1. The van der Waals surface area contributed by atoms with Gasteiger partial charge in [-0.25, -0.2) is 0 Å². The summed E-state index contributed by atoms with van der Waals surface area (Å²) in [5.74, 6) is 0.108. The molecule has 0 aliphatic carbocycles. The Labute approximate surface area is 133 Å². The van der Waals surface area contributed by atoms with Gasteiger partial charge in [0.1, 0.15) is 0 Å². The highest BCUT2D eigenvalue weighted by Crippen LogP contribution is 2.31. The SMILES string of the molecule is Cc1nn(C)c(C)c1C(C)C(=O)N(C)C1CC2CCC(C1)N2. The van der Waals surface area contributed by atoms with Crippen LogP contribution in [0.25, 0.3) is 0 Å². The van der Waals surface area contributed by atoms with Crippen LogP contribution in [0.1, 0.15) is 55.5 Å². The van der Waals surface area contributed by atoms with Gasteiger partial charge in [-0.15, -0.1) is 0 Å². The quantitative estimate of drug-likeness (QED) is 0.927. The van der Waals surface area contributed by atoms with E-state index in [4.69, 9.17) is 0 Å². The molecule has 2 saturated heterocycles. The highest BCUT2D eigenvalue weighted by molar-refractivity contribution is 5.84. The summed E-state index contributed by atoms with van der Waals surface area (Å²) < 4.78 is 1.87. The molecule has 2 aliphatic rings. The maximum Gasteiger partial charge on any atom is 0.229 e. The average molecular weight is 304 g/mol. The molecular formula is C17H28N4O. The molecule has 5 heteroatoms. The highest BCUT2D eigenvalue weighted by atomic mass is 16.2. The van der Waals surface area contributed by atoms with Crippen LogP contribution in [0.3, 0.4) is 0 Å². The Hall–Kier alpha value is -1.36. The van der Waals surface area contributed by atoms with Gasteiger partial charge in [0.15, 0.2) is 0 Å². The van der Waals surface area contributed by atoms with Gasteiger partial charge < -0.3 is 10.2 Å². The van der Waals surface area contributed by atoms with E-state index >= 15 is 0 Å². The second-order valence-corrected chi connectivity index (χ2v) is 7.14. The number of nitrogens with one attached hydrogen (secondary N) is 1. The van der Waals surface area contributed by atoms with Crippen molar-refractivity contribution in [2.75, 3.05) is 7.05 Å². The van der Waals surface area contributed by atoms with Crippen molar-refractivity contribution in [3.05, 3.63) is 17.0 Å². The van der Waals surface area contributed by atoms with Crippen molar-refractivity contribution in [2.45, 2.75) is 70.5 Å². The number of nitrogens with zero attached hydrogens (tertiary/aromatic N) is 3. The van der Waals surface area contributed by atoms with E-state index in [1.54, 1.807) is 0 Å². The van der Waals surface area contributed by atoms with Crippen LogP contribution >= 0.6 is 0 Å². The molecule has 1 aromatic rings. The van der Waals surface area contributed by atoms with Crippen molar-refractivity contribution < 1.29 is 4.79 Å². The Balaban J connectivity index is 1.75. The Bertz CT molecular complexity index is 567. The summed E-state index contributed by atoms with van der Waals surface area (Å²) in [5.41, 5.74) is 3.16. The number of aryl methyl sites for hydroxylation is 2. The fourth-order valence-corrected chi connectivity index (χ4v) is 4.37. The molecule has 122 valence electrons. The molecule has 1 N–H and O–H groups in total. The summed E-state index contributed by atoms with van der Waals surface area (Å²) in [6, 6.07) is 1.60. The predicted octanol–water partition coefficient (Wildman–Crippen LogP) is 1.88. The van der Waals surface area contributed by atoms with Gasteiger partial charge in [0.05, 0.1) is 11.6 Å². The molecule has 0 spiro atoms. The second kappa shape index (κ2) is 5.69. The molecule has 1 aromatic heterocycles. The molecule has 22 heavy (non-hydrogen) atoms. The number of hydrogen-bond acceptors (Lipinski definition) is 3. The molecule has 0 aromatic carbocycles. The maximum absolute atomic E-state index is 13.0. The minimum absolute atomic E-state index is 0.119. The first-order valence-corrected chi connectivity index (χ1v) is 8.41. The van der Waals surface area contributed by atoms with E-state index in [1.807, 2.05) is 44.4 Å². The number of piperidine rings is 1. The molecule has 3 unspecified atom stereocenters. The summed E-state index contributed by atoms with van der Waals surface area (Å²) in [4.78, 5) is 15.0. The van der Waals surface area contributed by atoms with Crippen LogP contribution < -0.4 is 5.32 Å². The zero-order valence-electron chi connectivity index (χ0n) is 14.4. The van der Waals surface area contributed by atoms with Crippen LogP contribution in [0.5, 0.6) is 0 Å². The summed E-state index contributed by atoms with van der Waals surface area (Å²) in [7, 11) is 3.92. The molecular weight excluding hydrogens is 276 g/mol. The first-order chi connectivity index (χ1) is 10.4. The predicted molar refractivity (Wildman–Crippen MR) is 86.8 cm³/mol. The van der Waals surface area contributed by atoms with Gasteiger partial charge in [-0.2, -0.15) is 5.10 Å². The van der Waals surface area contributed by atoms with Gasteiger partial charge in [-0.3, -0.25) is 9.48 Å². The highest BCUT2D eigenvalue weighted by Gasteiger charge is 2.37. The molecule has 3 rings (SSSR count). The summed E-state index contributed by atoms with van der Waals surface area (Å²) >= 11 is 0. The van der Waals surface area contributed by atoms with Crippen LogP contribution in [0.15, 0.2) is 0 Å². The van der Waals surface area contributed by atoms with E-state index in [9.17, 15) is 4.79 Å². The van der Waals surface area contributed by atoms with Crippen LogP contribution in [0, 0.1) is 13.8 Å². The van der Waals surface area contributed by atoms with E-state index in [-0.39, 0.29) is 11.8 Å². The van der Waals surface area contributed by atoms with E-state index < -0.39 is 0 Å². The Morgan fingerprint density at radius 2 is 1.91 bits per heavy atom. The third-order valence-corrected chi connectivity index (χ3v) is 5.71. The van der Waals surface area contributed by atoms with Crippen LogP contribution in [0.4, 0.5) is 0 Å². The third-order valence-electron chi connectivity index (χ3n) is 5.71. The first-order valence-electron chi connectivity index (χ1n) is 8.41. The average Bonchev–Trinajstić information content (AvgIpc) is 2.95. The van der Waals surface area contributed by atoms with Crippen LogP contribution in [0.2, 0.25) is 0 Å². The lowest BCUT2D eigenvalue weighted by atomic mass is 9.94. The number of fused-ring (bicyclic) bond motifs is 2. The molecule has 3 heterocycles. The lowest BCUT2D eigenvalue weighted by molar-refractivity contribution is -0.134. The van der Waals surface area contributed by atoms with Gasteiger partial charge in [0, 0.05) is 43.5 Å². The summed E-state index contributed by atoms with van der Waals surface area (Å²) in [5, 5.41) is 8.10. The molecule has 2 aliphatic heterocycles. The van der Waals surface area contributed by atoms with E-state index in [2.05, 4.69) is 10.4 Å². The van der Waals surface area contributed by atoms with Crippen molar-refractivity contribution in [3.8, 4) is 0 Å². The second-order valence-electron chi connectivity index (χ2n) is 7.14. The fourth-order valence-electron chi connectivity index (χ4n) is 4.37. The number of amides is 1. The van der Waals surface area contributed by atoms with Gasteiger partial charge in [-0.05, 0) is 46.5 Å². The Morgan fingerprint density at radius 3 is 2.41 bits per heavy atom. The van der Waals surface area contributed by atoms with E-state index in [0.717, 1.165) is 29.8 Å². The van der Waals surface area contributed by atoms with Crippen molar-refractivity contribution in [2.24, 2.45) is 7.05 Å². The zero-order valence-corrected chi connectivity index (χ0v) is 14.4. The number of aromatic nitrogens is 2. The van der Waals surface area contributed by atoms with Crippen LogP contribution in [-0.2, 0) is 11.8 Å². The zero-order chi connectivity index (χ0) is 16.0. The molecule has 5 nitrogen and oxygen atoms in total. The molecule has 3 atom stereocenters. The molecule has 1 amide bonds. The fraction of sp³-hybridized carbons (Fsp3) is 0.765. The molecule has 2 bridgehead atoms. The number of carbonyl (C=O) groups is 1. The van der Waals surface area contributed by atoms with Gasteiger partial charge in [-0.1, -0.05) is 0 Å². The Morgan fingerprint density at radius 1 is 1.32 bits per heavy atom. The van der Waals surface area contributed by atoms with E-state index in [0.29, 0.717) is 18.1 Å². The normalized spacial score (nSPS) is 28.7. The number of likely N-dealkylation sites (N-methyl/N-ethyl adjacent to an activating group) is 1. The minimum atomic E-state index is -0.119. The minimum Gasteiger partial charge on any atom is -0.342 e. The summed E-state index contributed by atoms with van der Waals surface area (Å²) in [6.07, 6.45) is 4.71. The third kappa shape index (κ3) is 2.56. The van der Waals surface area contributed by atoms with E-state index in [1.165, 1.54) is 12.8 Å². The standard InChI is InChI=1S/C17H28N4O/c1-10(16-11(2)19-21(5)12(16)3)17(22)20(4)15-8-13-6-7-14(9-15)18-13/h10,13-15,18H,6-9H2,1-5H3. The van der Waals surface area contributed by atoms with Gasteiger partial charge >= 0.3 is 0 Å². The molecule has 0 saturated carbocycles. The van der Waals surface area contributed by atoms with Crippen molar-refractivity contribution in [1.29, 1.82) is 0 Å². The lowest BCUT2D eigenvalue weighted by Crippen LogP contribution is -2.49. The first kappa shape index (κ1) is 15.5. The molecule has 0 radical (unpaired) electrons. The van der Waals surface area contributed by atoms with Gasteiger partial charge in [0.2, 0.25) is 5.91 Å². The Kier molecular flexibility index (Phi) is 4.02. The smallest absolute Gasteiger partial charge is 0.229 e. The molecule has 2 fully saturated rings. The van der Waals surface area contributed by atoms with Crippen molar-refractivity contribution in [1.82, 2.24) is 20.0 Å². The largest absolute Gasteiger partial charge is 0.342 e. The summed E-state index contributed by atoms with van der Waals surface area (Å²) in [6.45, 7) is 6.06.